The van der Waals surface area contributed by atoms with Gasteiger partial charge in [0.2, 0.25) is 0 Å². The first kappa shape index (κ1) is 25.0. The van der Waals surface area contributed by atoms with E-state index < -0.39 is 0 Å². The first-order valence-corrected chi connectivity index (χ1v) is 16.0. The van der Waals surface area contributed by atoms with E-state index in [0.717, 1.165) is 22.3 Å². The minimum atomic E-state index is 0.0440. The van der Waals surface area contributed by atoms with E-state index in [1.807, 2.05) is 24.3 Å². The van der Waals surface area contributed by atoms with Crippen LogP contribution in [0.5, 0.6) is 11.5 Å². The largest absolute Gasteiger partial charge is 0.508 e. The van der Waals surface area contributed by atoms with Gasteiger partial charge in [-0.15, -0.1) is 0 Å². The number of fused-ring (bicyclic) bond motifs is 10. The van der Waals surface area contributed by atoms with Gasteiger partial charge in [-0.25, -0.2) is 0 Å². The van der Waals surface area contributed by atoms with Crippen LogP contribution in [-0.2, 0) is 0 Å². The van der Waals surface area contributed by atoms with Gasteiger partial charge >= 0.3 is 0 Å². The maximum Gasteiger partial charge on any atom is 0.252 e. The van der Waals surface area contributed by atoms with Gasteiger partial charge in [-0.05, 0) is 87.2 Å². The van der Waals surface area contributed by atoms with Crippen LogP contribution in [-0.4, -0.2) is 26.1 Å². The number of hydrogen-bond acceptors (Lipinski definition) is 2. The summed E-state index contributed by atoms with van der Waals surface area (Å²) in [6, 6.07) is 48.7. The van der Waals surface area contributed by atoms with Crippen molar-refractivity contribution in [2.45, 2.75) is 0 Å². The van der Waals surface area contributed by atoms with Crippen LogP contribution in [0.2, 0.25) is 0 Å². The predicted molar refractivity (Wildman–Crippen MR) is 194 cm³/mol. The van der Waals surface area contributed by atoms with Crippen LogP contribution >= 0.6 is 0 Å². The van der Waals surface area contributed by atoms with Gasteiger partial charge in [-0.3, -0.25) is 0 Å². The molecule has 5 heteroatoms. The lowest BCUT2D eigenvalue weighted by atomic mass is 9.34. The summed E-state index contributed by atoms with van der Waals surface area (Å²) < 4.78 is 4.97. The van der Waals surface area contributed by atoms with Crippen molar-refractivity contribution >= 4 is 66.7 Å². The lowest BCUT2D eigenvalue weighted by Crippen LogP contribution is -2.59. The Kier molecular flexibility index (Phi) is 4.66. The highest BCUT2D eigenvalue weighted by atomic mass is 16.3. The topological polar surface area (TPSA) is 50.3 Å². The van der Waals surface area contributed by atoms with E-state index >= 15 is 0 Å². The zero-order chi connectivity index (χ0) is 31.0. The molecular weight excluding hydrogens is 575 g/mol. The summed E-state index contributed by atoms with van der Waals surface area (Å²) in [5.74, 6) is 0.521. The molecule has 0 atom stereocenters. The maximum absolute atomic E-state index is 10.2. The van der Waals surface area contributed by atoms with Crippen molar-refractivity contribution in [1.29, 1.82) is 0 Å². The smallest absolute Gasteiger partial charge is 0.252 e. The first-order chi connectivity index (χ1) is 23.2. The Balaban J connectivity index is 1.36. The minimum absolute atomic E-state index is 0.0440. The average Bonchev–Trinajstić information content (AvgIpc) is 3.64. The highest BCUT2D eigenvalue weighted by Gasteiger charge is 2.41. The van der Waals surface area contributed by atoms with Crippen molar-refractivity contribution in [3.8, 4) is 45.1 Å². The van der Waals surface area contributed by atoms with E-state index in [1.54, 1.807) is 24.3 Å². The van der Waals surface area contributed by atoms with Gasteiger partial charge in [-0.1, -0.05) is 91.0 Å². The second-order valence-corrected chi connectivity index (χ2v) is 12.8. The molecule has 0 unspecified atom stereocenters. The molecule has 11 rings (SSSR count). The molecular formula is C42H25BN2O2. The van der Waals surface area contributed by atoms with E-state index in [2.05, 4.69) is 100 Å². The molecule has 47 heavy (non-hydrogen) atoms. The average molecular weight is 600 g/mol. The fourth-order valence-electron chi connectivity index (χ4n) is 8.60. The molecule has 0 fully saturated rings. The third kappa shape index (κ3) is 3.13. The quantitative estimate of drug-likeness (QED) is 0.199. The molecule has 0 saturated carbocycles. The Hall–Kier alpha value is -6.20. The Morgan fingerprint density at radius 1 is 0.447 bits per heavy atom. The van der Waals surface area contributed by atoms with Crippen molar-refractivity contribution in [3.05, 3.63) is 140 Å². The van der Waals surface area contributed by atoms with Crippen molar-refractivity contribution in [1.82, 2.24) is 9.13 Å². The number of phenols is 2. The summed E-state index contributed by atoms with van der Waals surface area (Å²) >= 11 is 0. The first-order valence-electron chi connectivity index (χ1n) is 16.0. The van der Waals surface area contributed by atoms with Gasteiger partial charge < -0.3 is 19.3 Å². The number of aromatic hydroxyl groups is 2. The molecule has 0 bridgehead atoms. The van der Waals surface area contributed by atoms with Crippen molar-refractivity contribution in [2.75, 3.05) is 0 Å². The summed E-state index contributed by atoms with van der Waals surface area (Å²) in [7, 11) is 0. The van der Waals surface area contributed by atoms with Crippen LogP contribution < -0.4 is 16.4 Å². The molecule has 7 aromatic carbocycles. The van der Waals surface area contributed by atoms with Gasteiger partial charge in [0.25, 0.3) is 6.71 Å². The molecule has 218 valence electrons. The maximum atomic E-state index is 10.2. The predicted octanol–water partition coefficient (Wildman–Crippen LogP) is 7.77. The number of benzene rings is 7. The third-order valence-corrected chi connectivity index (χ3v) is 10.5. The van der Waals surface area contributed by atoms with Gasteiger partial charge in [0.05, 0.1) is 11.0 Å². The molecule has 2 aliphatic heterocycles. The fraction of sp³-hybridized carbons (Fsp3) is 0. The van der Waals surface area contributed by atoms with Crippen LogP contribution in [0.15, 0.2) is 140 Å². The van der Waals surface area contributed by atoms with Gasteiger partial charge in [-0.2, -0.15) is 0 Å². The Morgan fingerprint density at radius 2 is 1.02 bits per heavy atom. The van der Waals surface area contributed by atoms with Crippen molar-refractivity contribution < 1.29 is 10.2 Å². The number of aromatic nitrogens is 2. The molecule has 0 aliphatic carbocycles. The standard InChI is InChI=1S/C42H25BN2O2/c46-27-16-12-24(13-17-27)26-22-37-40-38(23-26)45-36-11-4-2-7-32(36)39-29(25-14-18-28(47)19-15-25)20-21-34(42(39)45)43(40)33-9-5-8-31-30-6-1-3-10-35(30)44(37)41(31)33/h1-23,46-47H. The Labute approximate surface area is 270 Å². The van der Waals surface area contributed by atoms with E-state index in [0.29, 0.717) is 0 Å². The molecule has 9 aromatic rings. The number of nitrogens with zero attached hydrogens (tertiary/aromatic N) is 2. The van der Waals surface area contributed by atoms with Crippen LogP contribution in [0.25, 0.3) is 77.2 Å². The zero-order valence-electron chi connectivity index (χ0n) is 25.1. The summed E-state index contributed by atoms with van der Waals surface area (Å²) in [4.78, 5) is 0. The third-order valence-electron chi connectivity index (χ3n) is 10.5. The highest BCUT2D eigenvalue weighted by molar-refractivity contribution is 7.00. The molecule has 4 heterocycles. The summed E-state index contributed by atoms with van der Waals surface area (Å²) in [6.45, 7) is 0.0440. The molecule has 2 N–H and O–H groups in total. The fourth-order valence-corrected chi connectivity index (χ4v) is 8.60. The van der Waals surface area contributed by atoms with Gasteiger partial charge in [0.1, 0.15) is 11.5 Å². The molecule has 0 spiro atoms. The number of para-hydroxylation sites is 3. The van der Waals surface area contributed by atoms with E-state index in [9.17, 15) is 10.2 Å². The number of hydrogen-bond donors (Lipinski definition) is 2. The second-order valence-electron chi connectivity index (χ2n) is 12.8. The molecule has 2 aromatic heterocycles. The highest BCUT2D eigenvalue weighted by Crippen LogP contribution is 2.43. The minimum Gasteiger partial charge on any atom is -0.508 e. The number of rotatable bonds is 2. The van der Waals surface area contributed by atoms with E-state index in [1.165, 1.54) is 71.4 Å². The molecule has 0 amide bonds. The monoisotopic (exact) mass is 600 g/mol. The van der Waals surface area contributed by atoms with E-state index in [-0.39, 0.29) is 18.2 Å². The van der Waals surface area contributed by atoms with Crippen LogP contribution in [0.3, 0.4) is 0 Å². The second kappa shape index (κ2) is 8.74. The summed E-state index contributed by atoms with van der Waals surface area (Å²) in [5.41, 5.74) is 15.5. The summed E-state index contributed by atoms with van der Waals surface area (Å²) in [6.07, 6.45) is 0. The SMILES string of the molecule is Oc1ccc(-c2cc3c4c(c2)-n2c5ccccc5c5c(-c6ccc(O)cc6)ccc(c52)B4c2cccc4c5ccccc5n-3c24)cc1. The van der Waals surface area contributed by atoms with Crippen LogP contribution in [0.4, 0.5) is 0 Å². The van der Waals surface area contributed by atoms with Gasteiger partial charge in [0.15, 0.2) is 0 Å². The zero-order valence-corrected chi connectivity index (χ0v) is 25.1. The normalized spacial score (nSPS) is 12.8. The van der Waals surface area contributed by atoms with Crippen LogP contribution in [0.1, 0.15) is 0 Å². The lowest BCUT2D eigenvalue weighted by molar-refractivity contribution is 0.475. The molecule has 0 radical (unpaired) electrons. The van der Waals surface area contributed by atoms with Crippen LogP contribution in [0, 0.1) is 0 Å². The summed E-state index contributed by atoms with van der Waals surface area (Å²) in [5, 5.41) is 25.2. The molecule has 4 nitrogen and oxygen atoms in total. The molecule has 0 saturated heterocycles. The van der Waals surface area contributed by atoms with Gasteiger partial charge in [0, 0.05) is 44.0 Å². The van der Waals surface area contributed by atoms with Crippen molar-refractivity contribution in [3.63, 3.8) is 0 Å². The molecule has 2 aliphatic rings. The Morgan fingerprint density at radius 3 is 1.74 bits per heavy atom. The lowest BCUT2D eigenvalue weighted by Gasteiger charge is -2.34. The van der Waals surface area contributed by atoms with Crippen molar-refractivity contribution in [2.24, 2.45) is 0 Å². The Bertz CT molecular complexity index is 2810. The van der Waals surface area contributed by atoms with E-state index in [4.69, 9.17) is 0 Å². The number of phenolic OH excluding ortho intramolecular Hbond substituents is 2.